The number of primary amides is 1. The Hall–Kier alpha value is -2.88. The quantitative estimate of drug-likeness (QED) is 0.632. The summed E-state index contributed by atoms with van der Waals surface area (Å²) >= 11 is 0. The van der Waals surface area contributed by atoms with E-state index in [1.165, 1.54) is 6.92 Å². The molecular weight excluding hydrogens is 308 g/mol. The van der Waals surface area contributed by atoms with Crippen LogP contribution in [0.4, 0.5) is 0 Å². The number of amides is 3. The number of nitrogens with zero attached hydrogens (tertiary/aromatic N) is 1. The van der Waals surface area contributed by atoms with Crippen LogP contribution in [-0.4, -0.2) is 29.8 Å². The molecule has 0 fully saturated rings. The second-order valence-electron chi connectivity index (χ2n) is 5.67. The molecule has 3 atom stereocenters. The first-order valence-corrected chi connectivity index (χ1v) is 7.63. The molecule has 3 amide bonds. The zero-order valence-electron chi connectivity index (χ0n) is 13.8. The molecular formula is C17H22N4O3. The van der Waals surface area contributed by atoms with Crippen molar-refractivity contribution >= 4 is 17.7 Å². The highest BCUT2D eigenvalue weighted by molar-refractivity contribution is 5.91. The lowest BCUT2D eigenvalue weighted by Crippen LogP contribution is -2.53. The van der Waals surface area contributed by atoms with Gasteiger partial charge in [0.1, 0.15) is 12.1 Å². The van der Waals surface area contributed by atoms with Crippen molar-refractivity contribution in [3.05, 3.63) is 35.9 Å². The molecule has 0 heterocycles. The van der Waals surface area contributed by atoms with Crippen LogP contribution < -0.4 is 16.4 Å². The van der Waals surface area contributed by atoms with Gasteiger partial charge >= 0.3 is 0 Å². The summed E-state index contributed by atoms with van der Waals surface area (Å²) in [5.41, 5.74) is 6.16. The Morgan fingerprint density at radius 3 is 2.29 bits per heavy atom. The monoisotopic (exact) mass is 330 g/mol. The Morgan fingerprint density at radius 2 is 1.79 bits per heavy atom. The Balaban J connectivity index is 2.84. The fraction of sp³-hybridized carbons (Fsp3) is 0.412. The molecule has 1 rings (SSSR count). The average molecular weight is 330 g/mol. The van der Waals surface area contributed by atoms with Crippen LogP contribution in [0.15, 0.2) is 30.3 Å². The van der Waals surface area contributed by atoms with E-state index in [-0.39, 0.29) is 18.7 Å². The third-order valence-electron chi connectivity index (χ3n) is 3.45. The lowest BCUT2D eigenvalue weighted by atomic mass is 10.0. The van der Waals surface area contributed by atoms with Crippen LogP contribution in [0, 0.1) is 17.2 Å². The molecule has 7 heteroatoms. The van der Waals surface area contributed by atoms with Gasteiger partial charge in [0, 0.05) is 19.3 Å². The van der Waals surface area contributed by atoms with Gasteiger partial charge in [0.25, 0.3) is 0 Å². The molecule has 24 heavy (non-hydrogen) atoms. The van der Waals surface area contributed by atoms with Crippen LogP contribution in [0.1, 0.15) is 25.8 Å². The Morgan fingerprint density at radius 1 is 1.17 bits per heavy atom. The number of nitrogens with one attached hydrogen (secondary N) is 2. The molecule has 0 bridgehead atoms. The minimum absolute atomic E-state index is 0.121. The standard InChI is InChI=1S/C17H22N4O3/c1-11(10-18)8-14(16(19)23)21-17(24)15(20-12(2)22)9-13-6-4-3-5-7-13/h3-7,11,14-15H,8-9H2,1-2H3,(H2,19,23)(H,20,22)(H,21,24)/t11-,14+,15-/m0/s1. The predicted molar refractivity (Wildman–Crippen MR) is 88.3 cm³/mol. The van der Waals surface area contributed by atoms with Gasteiger partial charge in [-0.25, -0.2) is 0 Å². The first kappa shape index (κ1) is 19.2. The molecule has 0 unspecified atom stereocenters. The summed E-state index contributed by atoms with van der Waals surface area (Å²) in [6.07, 6.45) is 0.404. The summed E-state index contributed by atoms with van der Waals surface area (Å²) < 4.78 is 0. The van der Waals surface area contributed by atoms with Gasteiger partial charge < -0.3 is 16.4 Å². The van der Waals surface area contributed by atoms with Gasteiger partial charge in [-0.1, -0.05) is 30.3 Å². The molecule has 7 nitrogen and oxygen atoms in total. The molecule has 0 aromatic heterocycles. The number of hydrogen-bond acceptors (Lipinski definition) is 4. The second-order valence-corrected chi connectivity index (χ2v) is 5.67. The van der Waals surface area contributed by atoms with Crippen molar-refractivity contribution in [2.45, 2.75) is 38.8 Å². The number of nitrogens with two attached hydrogens (primary N) is 1. The second kappa shape index (κ2) is 9.30. The summed E-state index contributed by atoms with van der Waals surface area (Å²) in [6.45, 7) is 2.95. The van der Waals surface area contributed by atoms with Gasteiger partial charge in [-0.15, -0.1) is 0 Å². The fourth-order valence-electron chi connectivity index (χ4n) is 2.23. The van der Waals surface area contributed by atoms with E-state index in [0.29, 0.717) is 0 Å². The topological polar surface area (TPSA) is 125 Å². The first-order valence-electron chi connectivity index (χ1n) is 7.63. The van der Waals surface area contributed by atoms with Crippen LogP contribution in [0.3, 0.4) is 0 Å². The Kier molecular flexibility index (Phi) is 7.43. The lowest BCUT2D eigenvalue weighted by molar-refractivity contribution is -0.131. The molecule has 1 aromatic carbocycles. The molecule has 0 saturated carbocycles. The van der Waals surface area contributed by atoms with Gasteiger partial charge in [-0.2, -0.15) is 5.26 Å². The molecule has 0 aliphatic heterocycles. The maximum atomic E-state index is 12.5. The van der Waals surface area contributed by atoms with Crippen molar-refractivity contribution in [3.8, 4) is 6.07 Å². The van der Waals surface area contributed by atoms with Gasteiger partial charge in [0.15, 0.2) is 0 Å². The van der Waals surface area contributed by atoms with E-state index in [9.17, 15) is 14.4 Å². The number of carbonyl (C=O) groups excluding carboxylic acids is 3. The molecule has 4 N–H and O–H groups in total. The first-order chi connectivity index (χ1) is 11.3. The van der Waals surface area contributed by atoms with Gasteiger partial charge in [-0.05, 0) is 18.9 Å². The van der Waals surface area contributed by atoms with Crippen molar-refractivity contribution in [3.63, 3.8) is 0 Å². The number of carbonyl (C=O) groups is 3. The van der Waals surface area contributed by atoms with Gasteiger partial charge in [0.2, 0.25) is 17.7 Å². The highest BCUT2D eigenvalue weighted by Gasteiger charge is 2.26. The zero-order chi connectivity index (χ0) is 18.1. The predicted octanol–water partition coefficient (Wildman–Crippen LogP) is 0.254. The molecule has 0 aliphatic rings. The zero-order valence-corrected chi connectivity index (χ0v) is 13.8. The Labute approximate surface area is 141 Å². The minimum Gasteiger partial charge on any atom is -0.368 e. The largest absolute Gasteiger partial charge is 0.368 e. The fourth-order valence-corrected chi connectivity index (χ4v) is 2.23. The van der Waals surface area contributed by atoms with Crippen molar-refractivity contribution in [1.29, 1.82) is 5.26 Å². The highest BCUT2D eigenvalue weighted by Crippen LogP contribution is 2.07. The van der Waals surface area contributed by atoms with Gasteiger partial charge in [0.05, 0.1) is 6.07 Å². The number of hydrogen-bond donors (Lipinski definition) is 3. The number of benzene rings is 1. The molecule has 128 valence electrons. The van der Waals surface area contributed by atoms with E-state index in [1.807, 2.05) is 36.4 Å². The smallest absolute Gasteiger partial charge is 0.243 e. The summed E-state index contributed by atoms with van der Waals surface area (Å²) in [5, 5.41) is 14.0. The number of rotatable bonds is 8. The van der Waals surface area contributed by atoms with Crippen LogP contribution in [0.5, 0.6) is 0 Å². The van der Waals surface area contributed by atoms with E-state index in [4.69, 9.17) is 11.0 Å². The van der Waals surface area contributed by atoms with Crippen LogP contribution in [0.25, 0.3) is 0 Å². The summed E-state index contributed by atoms with van der Waals surface area (Å²) in [7, 11) is 0. The normalized spacial score (nSPS) is 13.9. The maximum absolute atomic E-state index is 12.5. The third kappa shape index (κ3) is 6.48. The van der Waals surface area contributed by atoms with E-state index in [0.717, 1.165) is 5.56 Å². The van der Waals surface area contributed by atoms with E-state index in [2.05, 4.69) is 10.6 Å². The molecule has 0 aliphatic carbocycles. The third-order valence-corrected chi connectivity index (χ3v) is 3.45. The van der Waals surface area contributed by atoms with Crippen molar-refractivity contribution in [1.82, 2.24) is 10.6 Å². The Bertz CT molecular complexity index is 624. The minimum atomic E-state index is -0.959. The van der Waals surface area contributed by atoms with E-state index >= 15 is 0 Å². The van der Waals surface area contributed by atoms with Crippen molar-refractivity contribution in [2.75, 3.05) is 0 Å². The van der Waals surface area contributed by atoms with E-state index in [1.54, 1.807) is 6.92 Å². The van der Waals surface area contributed by atoms with Crippen LogP contribution in [0.2, 0.25) is 0 Å². The van der Waals surface area contributed by atoms with Crippen molar-refractivity contribution < 1.29 is 14.4 Å². The SMILES string of the molecule is CC(=O)N[C@@H](Cc1ccccc1)C(=O)N[C@H](C[C@H](C)C#N)C(N)=O. The lowest BCUT2D eigenvalue weighted by Gasteiger charge is -2.22. The van der Waals surface area contributed by atoms with E-state index < -0.39 is 29.8 Å². The molecule has 0 spiro atoms. The number of nitriles is 1. The van der Waals surface area contributed by atoms with Crippen molar-refractivity contribution in [2.24, 2.45) is 11.7 Å². The summed E-state index contributed by atoms with van der Waals surface area (Å²) in [6, 6.07) is 9.40. The average Bonchev–Trinajstić information content (AvgIpc) is 2.53. The van der Waals surface area contributed by atoms with Crippen LogP contribution in [-0.2, 0) is 20.8 Å². The highest BCUT2D eigenvalue weighted by atomic mass is 16.2. The summed E-state index contributed by atoms with van der Waals surface area (Å²) in [5.74, 6) is -2.02. The molecule has 0 radical (unpaired) electrons. The van der Waals surface area contributed by atoms with Crippen LogP contribution >= 0.6 is 0 Å². The molecule has 1 aromatic rings. The molecule has 0 saturated heterocycles. The maximum Gasteiger partial charge on any atom is 0.243 e. The van der Waals surface area contributed by atoms with Gasteiger partial charge in [-0.3, -0.25) is 14.4 Å². The summed E-state index contributed by atoms with van der Waals surface area (Å²) in [4.78, 5) is 35.3.